The van der Waals surface area contributed by atoms with Gasteiger partial charge in [0.15, 0.2) is 11.6 Å². The fraction of sp³-hybridized carbons (Fsp3) is 0.519. The number of rotatable bonds is 9. The first-order chi connectivity index (χ1) is 15.7. The highest BCUT2D eigenvalue weighted by Crippen LogP contribution is 2.36. The van der Waals surface area contributed by atoms with Crippen LogP contribution in [0.3, 0.4) is 0 Å². The second-order valence-electron chi connectivity index (χ2n) is 9.88. The Kier molecular flexibility index (Phi) is 8.46. The lowest BCUT2D eigenvalue weighted by Crippen LogP contribution is -2.41. The van der Waals surface area contributed by atoms with Crippen LogP contribution in [0, 0.1) is 29.4 Å². The van der Waals surface area contributed by atoms with Gasteiger partial charge in [0.2, 0.25) is 5.91 Å². The lowest BCUT2D eigenvalue weighted by atomic mass is 9.88. The van der Waals surface area contributed by atoms with Crippen molar-refractivity contribution < 1.29 is 18.3 Å². The maximum atomic E-state index is 13.8. The van der Waals surface area contributed by atoms with Crippen LogP contribution < -0.4 is 4.74 Å². The number of hydrogen-bond acceptors (Lipinski definition) is 3. The first-order valence-corrected chi connectivity index (χ1v) is 11.8. The average Bonchev–Trinajstić information content (AvgIpc) is 3.17. The van der Waals surface area contributed by atoms with Crippen molar-refractivity contribution >= 4 is 5.91 Å². The number of methoxy groups -OCH3 is 1. The third kappa shape index (κ3) is 6.53. The fourth-order valence-electron chi connectivity index (χ4n) is 4.76. The van der Waals surface area contributed by atoms with Crippen molar-refractivity contribution in [1.29, 1.82) is 0 Å². The molecule has 0 aromatic heterocycles. The molecule has 0 bridgehead atoms. The Bertz CT molecular complexity index is 947. The summed E-state index contributed by atoms with van der Waals surface area (Å²) in [6, 6.07) is 12.2. The second-order valence-corrected chi connectivity index (χ2v) is 9.88. The molecule has 2 aromatic carbocycles. The average molecular weight is 459 g/mol. The molecular formula is C27H36F2N2O2. The molecule has 1 aliphatic rings. The van der Waals surface area contributed by atoms with Crippen LogP contribution in [0.25, 0.3) is 0 Å². The van der Waals surface area contributed by atoms with Crippen LogP contribution in [0.1, 0.15) is 44.7 Å². The van der Waals surface area contributed by atoms with Gasteiger partial charge >= 0.3 is 0 Å². The molecular weight excluding hydrogens is 422 g/mol. The molecule has 33 heavy (non-hydrogen) atoms. The van der Waals surface area contributed by atoms with E-state index < -0.39 is 11.6 Å². The molecule has 4 nitrogen and oxygen atoms in total. The highest BCUT2D eigenvalue weighted by Gasteiger charge is 2.36. The van der Waals surface area contributed by atoms with E-state index in [1.807, 2.05) is 30.9 Å². The number of amides is 1. The van der Waals surface area contributed by atoms with Gasteiger partial charge in [0, 0.05) is 44.6 Å². The first-order valence-electron chi connectivity index (χ1n) is 11.8. The van der Waals surface area contributed by atoms with E-state index in [1.165, 1.54) is 17.7 Å². The number of ether oxygens (including phenoxy) is 1. The topological polar surface area (TPSA) is 32.8 Å². The Morgan fingerprint density at radius 3 is 2.48 bits per heavy atom. The van der Waals surface area contributed by atoms with E-state index in [2.05, 4.69) is 30.9 Å². The fourth-order valence-corrected chi connectivity index (χ4v) is 4.76. The summed E-state index contributed by atoms with van der Waals surface area (Å²) in [4.78, 5) is 17.2. The van der Waals surface area contributed by atoms with Crippen molar-refractivity contribution in [3.8, 4) is 5.75 Å². The number of carbonyl (C=O) groups is 1. The predicted molar refractivity (Wildman–Crippen MR) is 127 cm³/mol. The Balaban J connectivity index is 1.85. The molecule has 0 aliphatic carbocycles. The van der Waals surface area contributed by atoms with Gasteiger partial charge in [-0.3, -0.25) is 9.69 Å². The standard InChI is InChI=1S/C27H36F2N2O2/c1-18(2)13-31(27(32)19(3)4)16-22-15-30(14-20-9-10-25(28)26(29)11-20)17-24(22)21-7-6-8-23(12-21)33-5/h6-12,18-19,22,24H,13-17H2,1-5H3/t22-,24-/m1/s1. The van der Waals surface area contributed by atoms with Gasteiger partial charge in [-0.1, -0.05) is 45.9 Å². The molecule has 2 aromatic rings. The van der Waals surface area contributed by atoms with Crippen LogP contribution in [-0.4, -0.2) is 49.0 Å². The lowest BCUT2D eigenvalue weighted by molar-refractivity contribution is -0.135. The van der Waals surface area contributed by atoms with Crippen LogP contribution in [0.5, 0.6) is 5.75 Å². The van der Waals surface area contributed by atoms with Crippen molar-refractivity contribution in [1.82, 2.24) is 9.80 Å². The van der Waals surface area contributed by atoms with Crippen molar-refractivity contribution in [2.24, 2.45) is 17.8 Å². The highest BCUT2D eigenvalue weighted by atomic mass is 19.2. The molecule has 180 valence electrons. The monoisotopic (exact) mass is 458 g/mol. The Morgan fingerprint density at radius 2 is 1.85 bits per heavy atom. The van der Waals surface area contributed by atoms with Gasteiger partial charge in [-0.05, 0) is 47.2 Å². The zero-order chi connectivity index (χ0) is 24.1. The maximum absolute atomic E-state index is 13.8. The summed E-state index contributed by atoms with van der Waals surface area (Å²) in [6.45, 7) is 11.6. The molecule has 0 saturated carbocycles. The molecule has 0 spiro atoms. The third-order valence-electron chi connectivity index (χ3n) is 6.27. The van der Waals surface area contributed by atoms with E-state index in [-0.39, 0.29) is 23.7 Å². The number of likely N-dealkylation sites (tertiary alicyclic amines) is 1. The van der Waals surface area contributed by atoms with Crippen molar-refractivity contribution in [3.63, 3.8) is 0 Å². The molecule has 1 heterocycles. The van der Waals surface area contributed by atoms with E-state index in [1.54, 1.807) is 13.2 Å². The van der Waals surface area contributed by atoms with Crippen LogP contribution in [0.15, 0.2) is 42.5 Å². The predicted octanol–water partition coefficient (Wildman–Crippen LogP) is 5.33. The van der Waals surface area contributed by atoms with Crippen molar-refractivity contribution in [3.05, 3.63) is 65.2 Å². The third-order valence-corrected chi connectivity index (χ3v) is 6.27. The Morgan fingerprint density at radius 1 is 1.09 bits per heavy atom. The van der Waals surface area contributed by atoms with Crippen LogP contribution in [0.4, 0.5) is 8.78 Å². The molecule has 2 atom stereocenters. The summed E-state index contributed by atoms with van der Waals surface area (Å²) < 4.78 is 32.6. The van der Waals surface area contributed by atoms with Gasteiger partial charge in [0.25, 0.3) is 0 Å². The Hall–Kier alpha value is -2.47. The molecule has 1 aliphatic heterocycles. The molecule has 1 amide bonds. The van der Waals surface area contributed by atoms with E-state index in [0.717, 1.165) is 30.9 Å². The maximum Gasteiger partial charge on any atom is 0.225 e. The quantitative estimate of drug-likeness (QED) is 0.509. The summed E-state index contributed by atoms with van der Waals surface area (Å²) in [5.74, 6) is 0.0852. The summed E-state index contributed by atoms with van der Waals surface area (Å²) >= 11 is 0. The zero-order valence-electron chi connectivity index (χ0n) is 20.4. The number of nitrogens with zero attached hydrogens (tertiary/aromatic N) is 2. The minimum atomic E-state index is -0.830. The van der Waals surface area contributed by atoms with Gasteiger partial charge in [-0.2, -0.15) is 0 Å². The summed E-state index contributed by atoms with van der Waals surface area (Å²) in [7, 11) is 1.66. The summed E-state index contributed by atoms with van der Waals surface area (Å²) in [6.07, 6.45) is 0. The van der Waals surface area contributed by atoms with E-state index in [9.17, 15) is 13.6 Å². The normalized spacial score (nSPS) is 18.8. The van der Waals surface area contributed by atoms with Gasteiger partial charge in [0.05, 0.1) is 7.11 Å². The molecule has 6 heteroatoms. The molecule has 0 radical (unpaired) electrons. The molecule has 1 fully saturated rings. The van der Waals surface area contributed by atoms with Gasteiger partial charge in [-0.15, -0.1) is 0 Å². The van der Waals surface area contributed by atoms with Crippen molar-refractivity contribution in [2.45, 2.75) is 40.2 Å². The molecule has 0 N–H and O–H groups in total. The minimum Gasteiger partial charge on any atom is -0.497 e. The summed E-state index contributed by atoms with van der Waals surface area (Å²) in [5.41, 5.74) is 1.92. The zero-order valence-corrected chi connectivity index (χ0v) is 20.4. The number of carbonyl (C=O) groups excluding carboxylic acids is 1. The van der Waals surface area contributed by atoms with E-state index in [4.69, 9.17) is 4.74 Å². The molecule has 3 rings (SSSR count). The van der Waals surface area contributed by atoms with E-state index >= 15 is 0 Å². The second kappa shape index (κ2) is 11.1. The van der Waals surface area contributed by atoms with Crippen molar-refractivity contribution in [2.75, 3.05) is 33.3 Å². The number of benzene rings is 2. The Labute approximate surface area is 196 Å². The minimum absolute atomic E-state index is 0.0567. The van der Waals surface area contributed by atoms with Crippen LogP contribution >= 0.6 is 0 Å². The first kappa shape index (κ1) is 25.2. The smallest absolute Gasteiger partial charge is 0.225 e. The van der Waals surface area contributed by atoms with Gasteiger partial charge < -0.3 is 9.64 Å². The number of halogens is 2. The largest absolute Gasteiger partial charge is 0.497 e. The number of hydrogen-bond donors (Lipinski definition) is 0. The van der Waals surface area contributed by atoms with Crippen LogP contribution in [0.2, 0.25) is 0 Å². The molecule has 1 saturated heterocycles. The molecule has 0 unspecified atom stereocenters. The van der Waals surface area contributed by atoms with Gasteiger partial charge in [0.1, 0.15) is 5.75 Å². The lowest BCUT2D eigenvalue weighted by Gasteiger charge is -2.31. The highest BCUT2D eigenvalue weighted by molar-refractivity contribution is 5.78. The summed E-state index contributed by atoms with van der Waals surface area (Å²) in [5, 5.41) is 0. The van der Waals surface area contributed by atoms with E-state index in [0.29, 0.717) is 19.0 Å². The van der Waals surface area contributed by atoms with Gasteiger partial charge in [-0.25, -0.2) is 8.78 Å². The van der Waals surface area contributed by atoms with Crippen LogP contribution in [-0.2, 0) is 11.3 Å². The SMILES string of the molecule is COc1cccc([C@H]2CN(Cc3ccc(F)c(F)c3)C[C@@H]2CN(CC(C)C)C(=O)C(C)C)c1.